The minimum atomic E-state index is 0.527. The molecule has 84 valence electrons. The normalized spacial score (nSPS) is 10.4. The summed E-state index contributed by atoms with van der Waals surface area (Å²) in [5.41, 5.74) is 2.48. The Balaban J connectivity index is 2.32. The lowest BCUT2D eigenvalue weighted by molar-refractivity contribution is 0.684. The van der Waals surface area contributed by atoms with E-state index in [9.17, 15) is 0 Å². The van der Waals surface area contributed by atoms with Gasteiger partial charge in [-0.2, -0.15) is 5.10 Å². The molecule has 16 heavy (non-hydrogen) atoms. The summed E-state index contributed by atoms with van der Waals surface area (Å²) in [6, 6.07) is 0. The Kier molecular flexibility index (Phi) is 3.36. The third-order valence-corrected chi connectivity index (χ3v) is 3.82. The van der Waals surface area contributed by atoms with Crippen LogP contribution in [0.15, 0.2) is 27.3 Å². The maximum Gasteiger partial charge on any atom is 0.192 e. The van der Waals surface area contributed by atoms with Gasteiger partial charge in [-0.3, -0.25) is 0 Å². The summed E-state index contributed by atoms with van der Waals surface area (Å²) in [6.45, 7) is 0. The van der Waals surface area contributed by atoms with Gasteiger partial charge in [0.1, 0.15) is 17.7 Å². The number of nitrogens with one attached hydrogen (secondary N) is 1. The van der Waals surface area contributed by atoms with E-state index in [1.54, 1.807) is 4.68 Å². The monoisotopic (exact) mass is 301 g/mol. The van der Waals surface area contributed by atoms with Gasteiger partial charge in [0, 0.05) is 7.05 Å². The molecule has 9 heteroatoms. The van der Waals surface area contributed by atoms with E-state index in [2.05, 4.69) is 41.4 Å². The molecule has 0 aliphatic heterocycles. The predicted molar refractivity (Wildman–Crippen MR) is 62.7 cm³/mol. The zero-order chi connectivity index (χ0) is 11.5. The van der Waals surface area contributed by atoms with E-state index in [-0.39, 0.29) is 0 Å². The second kappa shape index (κ2) is 4.76. The van der Waals surface area contributed by atoms with Crippen LogP contribution in [0.25, 0.3) is 0 Å². The Morgan fingerprint density at radius 3 is 2.81 bits per heavy atom. The maximum absolute atomic E-state index is 5.31. The number of hydrazine groups is 1. The molecule has 0 aliphatic rings. The highest BCUT2D eigenvalue weighted by Gasteiger charge is 2.11. The number of aromatic nitrogens is 5. The van der Waals surface area contributed by atoms with Gasteiger partial charge in [0.05, 0.1) is 4.47 Å². The minimum absolute atomic E-state index is 0.527. The Morgan fingerprint density at radius 1 is 1.38 bits per heavy atom. The molecule has 0 amide bonds. The average molecular weight is 302 g/mol. The summed E-state index contributed by atoms with van der Waals surface area (Å²) in [5, 5.41) is 5.43. The number of aryl methyl sites for hydroxylation is 1. The SMILES string of the molecule is Cn1ncnc1Sc1ncnc(NN)c1Br. The highest BCUT2D eigenvalue weighted by atomic mass is 79.9. The topological polar surface area (TPSA) is 94.5 Å². The van der Waals surface area contributed by atoms with Crippen LogP contribution in [0.4, 0.5) is 5.82 Å². The van der Waals surface area contributed by atoms with Crippen molar-refractivity contribution in [2.45, 2.75) is 10.2 Å². The summed E-state index contributed by atoms with van der Waals surface area (Å²) in [6.07, 6.45) is 2.91. The Bertz CT molecular complexity index is 499. The van der Waals surface area contributed by atoms with E-state index in [1.807, 2.05) is 7.05 Å². The lowest BCUT2D eigenvalue weighted by atomic mass is 10.6. The van der Waals surface area contributed by atoms with Crippen molar-refractivity contribution in [3.8, 4) is 0 Å². The van der Waals surface area contributed by atoms with E-state index in [0.717, 1.165) is 10.2 Å². The van der Waals surface area contributed by atoms with E-state index in [1.165, 1.54) is 24.4 Å². The Labute approximate surface area is 104 Å². The number of hydrogen-bond donors (Lipinski definition) is 2. The maximum atomic E-state index is 5.31. The fraction of sp³-hybridized carbons (Fsp3) is 0.143. The van der Waals surface area contributed by atoms with Crippen molar-refractivity contribution in [2.75, 3.05) is 5.43 Å². The fourth-order valence-electron chi connectivity index (χ4n) is 0.990. The zero-order valence-corrected chi connectivity index (χ0v) is 10.7. The number of nitrogens with zero attached hydrogens (tertiary/aromatic N) is 5. The van der Waals surface area contributed by atoms with Crippen molar-refractivity contribution in [1.29, 1.82) is 0 Å². The summed E-state index contributed by atoms with van der Waals surface area (Å²) < 4.78 is 2.36. The highest BCUT2D eigenvalue weighted by molar-refractivity contribution is 9.10. The van der Waals surface area contributed by atoms with Crippen LogP contribution in [-0.2, 0) is 7.05 Å². The van der Waals surface area contributed by atoms with Gasteiger partial charge >= 0.3 is 0 Å². The van der Waals surface area contributed by atoms with Gasteiger partial charge in [-0.1, -0.05) is 0 Å². The van der Waals surface area contributed by atoms with Gasteiger partial charge in [-0.25, -0.2) is 25.5 Å². The van der Waals surface area contributed by atoms with Crippen molar-refractivity contribution in [3.63, 3.8) is 0 Å². The van der Waals surface area contributed by atoms with Gasteiger partial charge in [0.2, 0.25) is 0 Å². The molecular weight excluding hydrogens is 294 g/mol. The second-order valence-corrected chi connectivity index (χ2v) is 4.50. The quantitative estimate of drug-likeness (QED) is 0.492. The zero-order valence-electron chi connectivity index (χ0n) is 8.25. The minimum Gasteiger partial charge on any atom is -0.307 e. The first-order chi connectivity index (χ1) is 7.72. The van der Waals surface area contributed by atoms with Crippen molar-refractivity contribution >= 4 is 33.5 Å². The molecule has 0 radical (unpaired) electrons. The predicted octanol–water partition coefficient (Wildman–Crippen LogP) is 0.804. The number of rotatable bonds is 3. The van der Waals surface area contributed by atoms with Crippen molar-refractivity contribution < 1.29 is 0 Å². The number of anilines is 1. The molecule has 2 aromatic heterocycles. The second-order valence-electron chi connectivity index (χ2n) is 2.75. The highest BCUT2D eigenvalue weighted by Crippen LogP contribution is 2.32. The van der Waals surface area contributed by atoms with Crippen molar-refractivity contribution in [3.05, 3.63) is 17.1 Å². The van der Waals surface area contributed by atoms with Crippen molar-refractivity contribution in [2.24, 2.45) is 12.9 Å². The number of halogens is 1. The van der Waals surface area contributed by atoms with E-state index >= 15 is 0 Å². The molecule has 0 aliphatic carbocycles. The van der Waals surface area contributed by atoms with Gasteiger partial charge in [-0.15, -0.1) is 0 Å². The van der Waals surface area contributed by atoms with Crippen LogP contribution in [0.3, 0.4) is 0 Å². The smallest absolute Gasteiger partial charge is 0.192 e. The van der Waals surface area contributed by atoms with Crippen LogP contribution in [0.1, 0.15) is 0 Å². The molecule has 3 N–H and O–H groups in total. The van der Waals surface area contributed by atoms with E-state index in [0.29, 0.717) is 10.3 Å². The molecule has 2 heterocycles. The first-order valence-corrected chi connectivity index (χ1v) is 5.82. The van der Waals surface area contributed by atoms with E-state index < -0.39 is 0 Å². The third kappa shape index (κ3) is 2.15. The first kappa shape index (κ1) is 11.3. The lowest BCUT2D eigenvalue weighted by Gasteiger charge is -2.05. The van der Waals surface area contributed by atoms with Crippen LogP contribution in [0.2, 0.25) is 0 Å². The lowest BCUT2D eigenvalue weighted by Crippen LogP contribution is -2.09. The van der Waals surface area contributed by atoms with E-state index in [4.69, 9.17) is 5.84 Å². The third-order valence-electron chi connectivity index (χ3n) is 1.75. The van der Waals surface area contributed by atoms with Crippen LogP contribution in [0.5, 0.6) is 0 Å². The summed E-state index contributed by atoms with van der Waals surface area (Å²) in [4.78, 5) is 12.2. The molecule has 0 saturated heterocycles. The number of nitrogen functional groups attached to an aromatic ring is 1. The molecule has 2 aromatic rings. The molecule has 0 aromatic carbocycles. The Morgan fingerprint density at radius 2 is 2.19 bits per heavy atom. The van der Waals surface area contributed by atoms with Gasteiger partial charge in [0.15, 0.2) is 11.0 Å². The number of nitrogens with two attached hydrogens (primary N) is 1. The molecule has 0 atom stereocenters. The molecule has 0 fully saturated rings. The van der Waals surface area contributed by atoms with Gasteiger partial charge < -0.3 is 5.43 Å². The first-order valence-electron chi connectivity index (χ1n) is 4.21. The van der Waals surface area contributed by atoms with Crippen LogP contribution in [0, 0.1) is 0 Å². The van der Waals surface area contributed by atoms with Gasteiger partial charge in [-0.05, 0) is 27.7 Å². The number of hydrogen-bond acceptors (Lipinski definition) is 7. The molecule has 0 unspecified atom stereocenters. The molecule has 7 nitrogen and oxygen atoms in total. The fourth-order valence-corrected chi connectivity index (χ4v) is 2.29. The van der Waals surface area contributed by atoms with Crippen LogP contribution in [-0.4, -0.2) is 24.7 Å². The van der Waals surface area contributed by atoms with Crippen molar-refractivity contribution in [1.82, 2.24) is 24.7 Å². The Hall–Kier alpha value is -1.19. The largest absolute Gasteiger partial charge is 0.307 e. The van der Waals surface area contributed by atoms with Crippen LogP contribution >= 0.6 is 27.7 Å². The molecular formula is C7H8BrN7S. The molecule has 0 spiro atoms. The average Bonchev–Trinajstić information content (AvgIpc) is 2.68. The standard InChI is InChI=1S/C7H8BrN7S/c1-15-7(12-3-13-15)16-6-4(8)5(14-9)10-2-11-6/h2-3H,9H2,1H3,(H,10,11,14). The molecule has 0 bridgehead atoms. The summed E-state index contributed by atoms with van der Waals surface area (Å²) >= 11 is 4.74. The summed E-state index contributed by atoms with van der Waals surface area (Å²) in [7, 11) is 1.81. The summed E-state index contributed by atoms with van der Waals surface area (Å²) in [5.74, 6) is 5.84. The molecule has 2 rings (SSSR count). The van der Waals surface area contributed by atoms with Gasteiger partial charge in [0.25, 0.3) is 0 Å². The van der Waals surface area contributed by atoms with Crippen LogP contribution < -0.4 is 11.3 Å². The molecule has 0 saturated carbocycles.